The van der Waals surface area contributed by atoms with Crippen molar-refractivity contribution < 1.29 is 18.0 Å². The molecule has 1 amide bonds. The predicted molar refractivity (Wildman–Crippen MR) is 69.8 cm³/mol. The topological polar surface area (TPSA) is 43.1 Å². The van der Waals surface area contributed by atoms with Crippen LogP contribution in [0.1, 0.15) is 11.1 Å². The van der Waals surface area contributed by atoms with Gasteiger partial charge in [-0.25, -0.2) is 0 Å². The maximum atomic E-state index is 12.5. The number of carbonyl (C=O) groups excluding carboxylic acids is 1. The largest absolute Gasteiger partial charge is 0.416 e. The predicted octanol–water partition coefficient (Wildman–Crippen LogP) is 3.40. The molecule has 0 atom stereocenters. The van der Waals surface area contributed by atoms with Crippen LogP contribution in [0.25, 0.3) is 11.1 Å². The number of amides is 1. The van der Waals surface area contributed by atoms with Crippen molar-refractivity contribution in [3.05, 3.63) is 59.7 Å². The zero-order valence-corrected chi connectivity index (χ0v) is 10.4. The van der Waals surface area contributed by atoms with Gasteiger partial charge < -0.3 is 5.73 Å². The van der Waals surface area contributed by atoms with Crippen LogP contribution in [0.3, 0.4) is 0 Å². The Kier molecular flexibility index (Phi) is 3.79. The minimum atomic E-state index is -4.34. The first kappa shape index (κ1) is 14.1. The number of nitrogens with two attached hydrogens (primary N) is 1. The number of benzene rings is 2. The molecule has 0 spiro atoms. The molecule has 0 aliphatic heterocycles. The average molecular weight is 279 g/mol. The van der Waals surface area contributed by atoms with Crippen LogP contribution in [-0.2, 0) is 17.4 Å². The van der Waals surface area contributed by atoms with Gasteiger partial charge in [0.25, 0.3) is 0 Å². The number of hydrogen-bond donors (Lipinski definition) is 1. The summed E-state index contributed by atoms with van der Waals surface area (Å²) in [6, 6.07) is 11.9. The third-order valence-electron chi connectivity index (χ3n) is 2.85. The van der Waals surface area contributed by atoms with Gasteiger partial charge in [0.05, 0.1) is 12.0 Å². The molecular formula is C15H12F3NO. The van der Waals surface area contributed by atoms with E-state index in [0.717, 1.165) is 23.3 Å². The van der Waals surface area contributed by atoms with Crippen molar-refractivity contribution in [1.29, 1.82) is 0 Å². The molecule has 0 unspecified atom stereocenters. The molecular weight excluding hydrogens is 267 g/mol. The molecule has 2 aromatic rings. The van der Waals surface area contributed by atoms with Gasteiger partial charge in [0.15, 0.2) is 0 Å². The molecule has 2 N–H and O–H groups in total. The molecule has 2 aromatic carbocycles. The number of primary amides is 1. The summed E-state index contributed by atoms with van der Waals surface area (Å²) >= 11 is 0. The van der Waals surface area contributed by atoms with E-state index in [0.29, 0.717) is 5.56 Å². The second-order valence-electron chi connectivity index (χ2n) is 4.42. The van der Waals surface area contributed by atoms with Crippen LogP contribution in [0, 0.1) is 0 Å². The number of rotatable bonds is 3. The Morgan fingerprint density at radius 1 is 1.00 bits per heavy atom. The molecule has 2 nitrogen and oxygen atoms in total. The summed E-state index contributed by atoms with van der Waals surface area (Å²) < 4.78 is 37.4. The third-order valence-corrected chi connectivity index (χ3v) is 2.85. The standard InChI is InChI=1S/C15H12F3NO/c16-15(17,18)13-6-4-11(5-7-13)12-3-1-2-10(8-12)9-14(19)20/h1-8H,9H2,(H2,19,20). The van der Waals surface area contributed by atoms with E-state index in [1.54, 1.807) is 24.3 Å². The first-order valence-corrected chi connectivity index (χ1v) is 5.91. The summed E-state index contributed by atoms with van der Waals surface area (Å²) in [6.07, 6.45) is -4.24. The van der Waals surface area contributed by atoms with Crippen LogP contribution in [0.4, 0.5) is 13.2 Å². The Labute approximate surface area is 114 Å². The van der Waals surface area contributed by atoms with Gasteiger partial charge in [0, 0.05) is 0 Å². The van der Waals surface area contributed by atoms with E-state index in [1.165, 1.54) is 12.1 Å². The van der Waals surface area contributed by atoms with E-state index in [2.05, 4.69) is 0 Å². The third kappa shape index (κ3) is 3.38. The Morgan fingerprint density at radius 2 is 1.65 bits per heavy atom. The molecule has 0 saturated carbocycles. The van der Waals surface area contributed by atoms with Crippen LogP contribution >= 0.6 is 0 Å². The zero-order chi connectivity index (χ0) is 14.8. The van der Waals surface area contributed by atoms with Gasteiger partial charge in [-0.1, -0.05) is 36.4 Å². The summed E-state index contributed by atoms with van der Waals surface area (Å²) in [4.78, 5) is 10.9. The van der Waals surface area contributed by atoms with E-state index in [-0.39, 0.29) is 6.42 Å². The van der Waals surface area contributed by atoms with Gasteiger partial charge in [-0.05, 0) is 28.8 Å². The maximum absolute atomic E-state index is 12.5. The Hall–Kier alpha value is -2.30. The van der Waals surface area contributed by atoms with E-state index < -0.39 is 17.6 Å². The van der Waals surface area contributed by atoms with Gasteiger partial charge in [-0.3, -0.25) is 4.79 Å². The number of alkyl halides is 3. The van der Waals surface area contributed by atoms with Crippen LogP contribution in [-0.4, -0.2) is 5.91 Å². The van der Waals surface area contributed by atoms with Gasteiger partial charge in [0.1, 0.15) is 0 Å². The molecule has 0 aliphatic carbocycles. The molecule has 0 radical (unpaired) electrons. The quantitative estimate of drug-likeness (QED) is 0.919. The normalized spacial score (nSPS) is 11.3. The lowest BCUT2D eigenvalue weighted by molar-refractivity contribution is -0.137. The minimum absolute atomic E-state index is 0.106. The van der Waals surface area contributed by atoms with Crippen molar-refractivity contribution in [2.45, 2.75) is 12.6 Å². The average Bonchev–Trinajstić information content (AvgIpc) is 2.37. The summed E-state index contributed by atoms with van der Waals surface area (Å²) in [5.41, 5.74) is 6.57. The lowest BCUT2D eigenvalue weighted by atomic mass is 10.0. The smallest absolute Gasteiger partial charge is 0.369 e. The molecule has 0 aromatic heterocycles. The van der Waals surface area contributed by atoms with Crippen LogP contribution in [0.2, 0.25) is 0 Å². The fraction of sp³-hybridized carbons (Fsp3) is 0.133. The van der Waals surface area contributed by atoms with Crippen molar-refractivity contribution >= 4 is 5.91 Å². The van der Waals surface area contributed by atoms with E-state index in [9.17, 15) is 18.0 Å². The van der Waals surface area contributed by atoms with Crippen LogP contribution < -0.4 is 5.73 Å². The SMILES string of the molecule is NC(=O)Cc1cccc(-c2ccc(C(F)(F)F)cc2)c1. The van der Waals surface area contributed by atoms with E-state index >= 15 is 0 Å². The Morgan fingerprint density at radius 3 is 2.20 bits per heavy atom. The highest BCUT2D eigenvalue weighted by Crippen LogP contribution is 2.31. The molecule has 0 saturated heterocycles. The van der Waals surface area contributed by atoms with Crippen LogP contribution in [0.5, 0.6) is 0 Å². The number of carbonyl (C=O) groups is 1. The maximum Gasteiger partial charge on any atom is 0.416 e. The summed E-state index contributed by atoms with van der Waals surface area (Å²) in [7, 11) is 0. The summed E-state index contributed by atoms with van der Waals surface area (Å²) in [5.74, 6) is -0.449. The lowest BCUT2D eigenvalue weighted by Gasteiger charge is -2.08. The Bertz CT molecular complexity index is 618. The molecule has 5 heteroatoms. The van der Waals surface area contributed by atoms with Crippen LogP contribution in [0.15, 0.2) is 48.5 Å². The number of hydrogen-bond acceptors (Lipinski definition) is 1. The molecule has 0 bridgehead atoms. The summed E-state index contributed by atoms with van der Waals surface area (Å²) in [5, 5.41) is 0. The van der Waals surface area contributed by atoms with Crippen molar-refractivity contribution in [2.24, 2.45) is 5.73 Å². The van der Waals surface area contributed by atoms with Gasteiger partial charge in [-0.2, -0.15) is 13.2 Å². The Balaban J connectivity index is 2.30. The van der Waals surface area contributed by atoms with Gasteiger partial charge in [-0.15, -0.1) is 0 Å². The van der Waals surface area contributed by atoms with E-state index in [1.807, 2.05) is 0 Å². The second kappa shape index (κ2) is 5.36. The van der Waals surface area contributed by atoms with Crippen molar-refractivity contribution in [1.82, 2.24) is 0 Å². The number of halogens is 3. The first-order valence-electron chi connectivity index (χ1n) is 5.91. The molecule has 2 rings (SSSR count). The molecule has 104 valence electrons. The minimum Gasteiger partial charge on any atom is -0.369 e. The monoisotopic (exact) mass is 279 g/mol. The highest BCUT2D eigenvalue weighted by molar-refractivity contribution is 5.77. The molecule has 20 heavy (non-hydrogen) atoms. The zero-order valence-electron chi connectivity index (χ0n) is 10.4. The fourth-order valence-electron chi connectivity index (χ4n) is 1.91. The van der Waals surface area contributed by atoms with Gasteiger partial charge >= 0.3 is 6.18 Å². The highest BCUT2D eigenvalue weighted by Gasteiger charge is 2.29. The second-order valence-corrected chi connectivity index (χ2v) is 4.42. The van der Waals surface area contributed by atoms with Crippen molar-refractivity contribution in [2.75, 3.05) is 0 Å². The van der Waals surface area contributed by atoms with E-state index in [4.69, 9.17) is 5.73 Å². The molecule has 0 aliphatic rings. The highest BCUT2D eigenvalue weighted by atomic mass is 19.4. The first-order chi connectivity index (χ1) is 9.36. The molecule has 0 fully saturated rings. The molecule has 0 heterocycles. The lowest BCUT2D eigenvalue weighted by Crippen LogP contribution is -2.13. The van der Waals surface area contributed by atoms with Crippen molar-refractivity contribution in [3.63, 3.8) is 0 Å². The fourth-order valence-corrected chi connectivity index (χ4v) is 1.91. The van der Waals surface area contributed by atoms with Gasteiger partial charge in [0.2, 0.25) is 5.91 Å². The summed E-state index contributed by atoms with van der Waals surface area (Å²) in [6.45, 7) is 0. The van der Waals surface area contributed by atoms with Crippen molar-refractivity contribution in [3.8, 4) is 11.1 Å².